The van der Waals surface area contributed by atoms with Crippen molar-refractivity contribution in [3.8, 4) is 0 Å². The van der Waals surface area contributed by atoms with E-state index in [1.165, 1.54) is 4.90 Å². The summed E-state index contributed by atoms with van der Waals surface area (Å²) in [5, 5.41) is 2.80. The summed E-state index contributed by atoms with van der Waals surface area (Å²) >= 11 is 0. The number of benzene rings is 2. The number of rotatable bonds is 6. The SMILES string of the molecule is CCOC(=O)C1=C(C)N(CC(=O)Nc2ccc(C)cc2)C(=O)CC1c1ccccc1. The third-order valence-electron chi connectivity index (χ3n) is 5.16. The average molecular weight is 406 g/mol. The molecule has 1 heterocycles. The van der Waals surface area contributed by atoms with Gasteiger partial charge in [0.2, 0.25) is 11.8 Å². The number of carbonyl (C=O) groups excluding carboxylic acids is 3. The van der Waals surface area contributed by atoms with E-state index in [9.17, 15) is 14.4 Å². The summed E-state index contributed by atoms with van der Waals surface area (Å²) in [6.07, 6.45) is 0.104. The van der Waals surface area contributed by atoms with Crippen LogP contribution in [0.4, 0.5) is 5.69 Å². The fourth-order valence-electron chi connectivity index (χ4n) is 3.63. The standard InChI is InChI=1S/C24H26N2O4/c1-4-30-24(29)23-17(3)26(15-21(27)25-19-12-10-16(2)11-13-19)22(28)14-20(23)18-8-6-5-7-9-18/h5-13,20H,4,14-15H2,1-3H3,(H,25,27). The summed E-state index contributed by atoms with van der Waals surface area (Å²) < 4.78 is 5.26. The molecule has 1 atom stereocenters. The normalized spacial score (nSPS) is 16.4. The molecule has 30 heavy (non-hydrogen) atoms. The zero-order valence-corrected chi connectivity index (χ0v) is 17.5. The second kappa shape index (κ2) is 9.39. The Kier molecular flexibility index (Phi) is 6.67. The predicted octanol–water partition coefficient (Wildman–Crippen LogP) is 3.79. The number of hydrogen-bond acceptors (Lipinski definition) is 4. The Labute approximate surface area is 176 Å². The molecule has 0 fully saturated rings. The molecule has 0 saturated heterocycles. The van der Waals surface area contributed by atoms with Crippen LogP contribution in [-0.4, -0.2) is 35.8 Å². The van der Waals surface area contributed by atoms with Crippen molar-refractivity contribution < 1.29 is 19.1 Å². The van der Waals surface area contributed by atoms with E-state index in [0.717, 1.165) is 11.1 Å². The summed E-state index contributed by atoms with van der Waals surface area (Å²) in [6, 6.07) is 16.8. The Morgan fingerprint density at radius 2 is 1.73 bits per heavy atom. The molecule has 3 rings (SSSR count). The average Bonchev–Trinajstić information content (AvgIpc) is 2.73. The molecule has 6 nitrogen and oxygen atoms in total. The van der Waals surface area contributed by atoms with Gasteiger partial charge in [0, 0.05) is 23.7 Å². The number of hydrogen-bond donors (Lipinski definition) is 1. The number of allylic oxidation sites excluding steroid dienone is 1. The van der Waals surface area contributed by atoms with Gasteiger partial charge in [-0.2, -0.15) is 0 Å². The fourth-order valence-corrected chi connectivity index (χ4v) is 3.63. The minimum Gasteiger partial charge on any atom is -0.463 e. The molecule has 6 heteroatoms. The summed E-state index contributed by atoms with van der Waals surface area (Å²) in [5.74, 6) is -1.38. The first-order valence-electron chi connectivity index (χ1n) is 10.0. The van der Waals surface area contributed by atoms with Crippen LogP contribution in [-0.2, 0) is 19.1 Å². The Bertz CT molecular complexity index is 964. The number of nitrogens with one attached hydrogen (secondary N) is 1. The number of esters is 1. The minimum absolute atomic E-state index is 0.104. The van der Waals surface area contributed by atoms with Crippen molar-refractivity contribution in [2.24, 2.45) is 0 Å². The third kappa shape index (κ3) is 4.76. The van der Waals surface area contributed by atoms with Crippen molar-refractivity contribution in [3.05, 3.63) is 77.0 Å². The van der Waals surface area contributed by atoms with Crippen molar-refractivity contribution in [2.45, 2.75) is 33.1 Å². The topological polar surface area (TPSA) is 75.7 Å². The van der Waals surface area contributed by atoms with Gasteiger partial charge in [-0.25, -0.2) is 4.79 Å². The van der Waals surface area contributed by atoms with E-state index in [1.807, 2.05) is 61.5 Å². The Hall–Kier alpha value is -3.41. The molecular weight excluding hydrogens is 380 g/mol. The number of nitrogens with zero attached hydrogens (tertiary/aromatic N) is 1. The van der Waals surface area contributed by atoms with Crippen LogP contribution in [0.1, 0.15) is 37.3 Å². The summed E-state index contributed by atoms with van der Waals surface area (Å²) in [6.45, 7) is 5.47. The first-order chi connectivity index (χ1) is 14.4. The highest BCUT2D eigenvalue weighted by atomic mass is 16.5. The van der Waals surface area contributed by atoms with Crippen LogP contribution in [0.3, 0.4) is 0 Å². The van der Waals surface area contributed by atoms with E-state index in [1.54, 1.807) is 13.8 Å². The molecule has 0 radical (unpaired) electrons. The quantitative estimate of drug-likeness (QED) is 0.741. The molecule has 0 bridgehead atoms. The summed E-state index contributed by atoms with van der Waals surface area (Å²) in [5.41, 5.74) is 3.49. The van der Waals surface area contributed by atoms with Crippen molar-refractivity contribution in [2.75, 3.05) is 18.5 Å². The monoisotopic (exact) mass is 406 g/mol. The van der Waals surface area contributed by atoms with E-state index in [4.69, 9.17) is 4.74 Å². The molecular formula is C24H26N2O4. The Balaban J connectivity index is 1.87. The van der Waals surface area contributed by atoms with Gasteiger partial charge >= 0.3 is 5.97 Å². The van der Waals surface area contributed by atoms with Crippen LogP contribution in [0.25, 0.3) is 0 Å². The lowest BCUT2D eigenvalue weighted by molar-refractivity contribution is -0.140. The molecule has 0 aromatic heterocycles. The molecule has 2 aromatic carbocycles. The second-order valence-corrected chi connectivity index (χ2v) is 7.28. The lowest BCUT2D eigenvalue weighted by atomic mass is 9.83. The van der Waals surface area contributed by atoms with Crippen molar-refractivity contribution in [1.82, 2.24) is 4.90 Å². The van der Waals surface area contributed by atoms with Gasteiger partial charge in [0.05, 0.1) is 12.2 Å². The van der Waals surface area contributed by atoms with Crippen LogP contribution in [0.2, 0.25) is 0 Å². The van der Waals surface area contributed by atoms with Crippen LogP contribution in [0, 0.1) is 6.92 Å². The van der Waals surface area contributed by atoms with Crippen molar-refractivity contribution >= 4 is 23.5 Å². The van der Waals surface area contributed by atoms with Gasteiger partial charge < -0.3 is 15.0 Å². The number of amides is 2. The maximum atomic E-state index is 12.9. The van der Waals surface area contributed by atoms with Crippen LogP contribution < -0.4 is 5.32 Å². The highest BCUT2D eigenvalue weighted by Crippen LogP contribution is 2.36. The molecule has 0 spiro atoms. The van der Waals surface area contributed by atoms with Crippen LogP contribution in [0.5, 0.6) is 0 Å². The third-order valence-corrected chi connectivity index (χ3v) is 5.16. The first kappa shape index (κ1) is 21.3. The highest BCUT2D eigenvalue weighted by Gasteiger charge is 2.37. The van der Waals surface area contributed by atoms with Crippen LogP contribution >= 0.6 is 0 Å². The fraction of sp³-hybridized carbons (Fsp3) is 0.292. The zero-order chi connectivity index (χ0) is 21.7. The zero-order valence-electron chi connectivity index (χ0n) is 17.5. The molecule has 1 N–H and O–H groups in total. The van der Waals surface area contributed by atoms with Gasteiger partial charge in [-0.05, 0) is 38.5 Å². The predicted molar refractivity (Wildman–Crippen MR) is 115 cm³/mol. The molecule has 1 aliphatic rings. The molecule has 2 amide bonds. The van der Waals surface area contributed by atoms with Gasteiger partial charge in [-0.1, -0.05) is 48.0 Å². The van der Waals surface area contributed by atoms with Gasteiger partial charge in [-0.15, -0.1) is 0 Å². The van der Waals surface area contributed by atoms with E-state index >= 15 is 0 Å². The van der Waals surface area contributed by atoms with E-state index in [0.29, 0.717) is 17.0 Å². The number of anilines is 1. The minimum atomic E-state index is -0.458. The molecule has 1 unspecified atom stereocenters. The molecule has 1 aliphatic heterocycles. The summed E-state index contributed by atoms with van der Waals surface area (Å²) in [4.78, 5) is 39.6. The number of aryl methyl sites for hydroxylation is 1. The van der Waals surface area contributed by atoms with E-state index in [-0.39, 0.29) is 31.4 Å². The van der Waals surface area contributed by atoms with E-state index in [2.05, 4.69) is 5.32 Å². The lowest BCUT2D eigenvalue weighted by Gasteiger charge is -2.34. The lowest BCUT2D eigenvalue weighted by Crippen LogP contribution is -2.42. The van der Waals surface area contributed by atoms with E-state index < -0.39 is 11.9 Å². The number of carbonyl (C=O) groups is 3. The summed E-state index contributed by atoms with van der Waals surface area (Å²) in [7, 11) is 0. The van der Waals surface area contributed by atoms with Crippen LogP contribution in [0.15, 0.2) is 65.9 Å². The van der Waals surface area contributed by atoms with Gasteiger partial charge in [-0.3, -0.25) is 9.59 Å². The maximum Gasteiger partial charge on any atom is 0.336 e. The highest BCUT2D eigenvalue weighted by molar-refractivity contribution is 5.99. The first-order valence-corrected chi connectivity index (χ1v) is 10.0. The molecule has 0 saturated carbocycles. The molecule has 156 valence electrons. The smallest absolute Gasteiger partial charge is 0.336 e. The Morgan fingerprint density at radius 1 is 1.07 bits per heavy atom. The largest absolute Gasteiger partial charge is 0.463 e. The van der Waals surface area contributed by atoms with Gasteiger partial charge in [0.1, 0.15) is 6.54 Å². The van der Waals surface area contributed by atoms with Crippen molar-refractivity contribution in [3.63, 3.8) is 0 Å². The maximum absolute atomic E-state index is 12.9. The molecule has 2 aromatic rings. The van der Waals surface area contributed by atoms with Crippen molar-refractivity contribution in [1.29, 1.82) is 0 Å². The van der Waals surface area contributed by atoms with Gasteiger partial charge in [0.25, 0.3) is 0 Å². The molecule has 0 aliphatic carbocycles. The Morgan fingerprint density at radius 3 is 2.37 bits per heavy atom. The second-order valence-electron chi connectivity index (χ2n) is 7.28. The van der Waals surface area contributed by atoms with Gasteiger partial charge in [0.15, 0.2) is 0 Å². The number of ether oxygens (including phenoxy) is 1.